The van der Waals surface area contributed by atoms with Gasteiger partial charge in [-0.3, -0.25) is 4.79 Å². The van der Waals surface area contributed by atoms with E-state index in [2.05, 4.69) is 10.3 Å². The number of sulfonamides is 1. The molecular formula is C19H18FN3O4S2. The van der Waals surface area contributed by atoms with Crippen LogP contribution in [0.25, 0.3) is 10.2 Å². The van der Waals surface area contributed by atoms with Gasteiger partial charge in [0.1, 0.15) is 17.6 Å². The van der Waals surface area contributed by atoms with Gasteiger partial charge in [0.2, 0.25) is 15.9 Å². The Morgan fingerprint density at radius 3 is 2.76 bits per heavy atom. The molecule has 0 bridgehead atoms. The molecule has 10 heteroatoms. The molecule has 2 aromatic carbocycles. The predicted molar refractivity (Wildman–Crippen MR) is 108 cm³/mol. The highest BCUT2D eigenvalue weighted by Crippen LogP contribution is 2.31. The molecule has 1 aliphatic heterocycles. The van der Waals surface area contributed by atoms with Gasteiger partial charge >= 0.3 is 0 Å². The fourth-order valence-corrected chi connectivity index (χ4v) is 5.86. The van der Waals surface area contributed by atoms with Crippen LogP contribution in [0, 0.1) is 5.82 Å². The number of anilines is 1. The first-order chi connectivity index (χ1) is 13.9. The second kappa shape index (κ2) is 7.69. The number of hydrogen-bond acceptors (Lipinski definition) is 6. The SMILES string of the molecule is COc1ccc2nc(NC(=O)C3CCCN3S(=O)(=O)c3ccc(F)cc3)sc2c1. The van der Waals surface area contributed by atoms with Gasteiger partial charge in [0, 0.05) is 6.54 Å². The molecule has 1 aliphatic rings. The average Bonchev–Trinajstić information content (AvgIpc) is 3.34. The number of methoxy groups -OCH3 is 1. The summed E-state index contributed by atoms with van der Waals surface area (Å²) in [6, 6.07) is 9.15. The normalized spacial score (nSPS) is 17.5. The summed E-state index contributed by atoms with van der Waals surface area (Å²) in [4.78, 5) is 17.2. The summed E-state index contributed by atoms with van der Waals surface area (Å²) in [7, 11) is -2.33. The van der Waals surface area contributed by atoms with E-state index < -0.39 is 27.8 Å². The second-order valence-electron chi connectivity index (χ2n) is 6.57. The van der Waals surface area contributed by atoms with E-state index in [1.54, 1.807) is 19.2 Å². The zero-order valence-electron chi connectivity index (χ0n) is 15.5. The number of ether oxygens (including phenoxy) is 1. The third kappa shape index (κ3) is 3.83. The Bertz CT molecular complexity index is 1160. The molecule has 152 valence electrons. The monoisotopic (exact) mass is 435 g/mol. The third-order valence-electron chi connectivity index (χ3n) is 4.75. The van der Waals surface area contributed by atoms with Gasteiger partial charge in [-0.05, 0) is 55.3 Å². The molecule has 1 amide bonds. The molecule has 0 radical (unpaired) electrons. The molecule has 0 saturated carbocycles. The lowest BCUT2D eigenvalue weighted by molar-refractivity contribution is -0.119. The standard InChI is InChI=1S/C19H18FN3O4S2/c1-27-13-6-9-15-17(11-13)28-19(21-15)22-18(24)16-3-2-10-23(16)29(25,26)14-7-4-12(20)5-8-14/h4-9,11,16H,2-3,10H2,1H3,(H,21,22,24). The van der Waals surface area contributed by atoms with Gasteiger partial charge in [0.05, 0.1) is 22.2 Å². The second-order valence-corrected chi connectivity index (χ2v) is 9.49. The number of nitrogens with zero attached hydrogens (tertiary/aromatic N) is 2. The number of carbonyl (C=O) groups is 1. The Labute approximate surface area is 171 Å². The van der Waals surface area contributed by atoms with E-state index in [9.17, 15) is 17.6 Å². The summed E-state index contributed by atoms with van der Waals surface area (Å²) >= 11 is 1.29. The summed E-state index contributed by atoms with van der Waals surface area (Å²) in [5, 5.41) is 3.13. The van der Waals surface area contributed by atoms with Crippen molar-refractivity contribution in [3.63, 3.8) is 0 Å². The number of halogens is 1. The molecule has 0 spiro atoms. The minimum Gasteiger partial charge on any atom is -0.497 e. The first kappa shape index (κ1) is 19.7. The lowest BCUT2D eigenvalue weighted by Crippen LogP contribution is -2.43. The van der Waals surface area contributed by atoms with Crippen LogP contribution >= 0.6 is 11.3 Å². The summed E-state index contributed by atoms with van der Waals surface area (Å²) in [5.41, 5.74) is 0.716. The van der Waals surface area contributed by atoms with Crippen LogP contribution < -0.4 is 10.1 Å². The van der Waals surface area contributed by atoms with Crippen LogP contribution in [0.15, 0.2) is 47.4 Å². The topological polar surface area (TPSA) is 88.6 Å². The molecule has 0 aliphatic carbocycles. The van der Waals surface area contributed by atoms with Crippen molar-refractivity contribution in [1.29, 1.82) is 0 Å². The minimum absolute atomic E-state index is 0.0364. The van der Waals surface area contributed by atoms with Gasteiger partial charge in [-0.25, -0.2) is 17.8 Å². The van der Waals surface area contributed by atoms with E-state index in [1.807, 2.05) is 6.07 Å². The number of aromatic nitrogens is 1. The number of hydrogen-bond donors (Lipinski definition) is 1. The van der Waals surface area contributed by atoms with E-state index in [0.29, 0.717) is 29.2 Å². The van der Waals surface area contributed by atoms with Crippen molar-refractivity contribution < 1.29 is 22.3 Å². The number of nitrogens with one attached hydrogen (secondary N) is 1. The maximum Gasteiger partial charge on any atom is 0.244 e. The maximum absolute atomic E-state index is 13.1. The molecule has 7 nitrogen and oxygen atoms in total. The van der Waals surface area contributed by atoms with Crippen molar-refractivity contribution >= 4 is 42.6 Å². The van der Waals surface area contributed by atoms with Crippen molar-refractivity contribution in [3.05, 3.63) is 48.3 Å². The van der Waals surface area contributed by atoms with E-state index >= 15 is 0 Å². The van der Waals surface area contributed by atoms with Crippen molar-refractivity contribution in [2.45, 2.75) is 23.8 Å². The summed E-state index contributed by atoms with van der Waals surface area (Å²) < 4.78 is 46.2. The van der Waals surface area contributed by atoms with E-state index in [-0.39, 0.29) is 11.4 Å². The van der Waals surface area contributed by atoms with Crippen molar-refractivity contribution in [2.75, 3.05) is 19.0 Å². The Kier molecular flexibility index (Phi) is 5.24. The van der Waals surface area contributed by atoms with Crippen LogP contribution in [-0.2, 0) is 14.8 Å². The van der Waals surface area contributed by atoms with Crippen LogP contribution in [0.1, 0.15) is 12.8 Å². The average molecular weight is 436 g/mol. The Morgan fingerprint density at radius 2 is 2.03 bits per heavy atom. The van der Waals surface area contributed by atoms with Gasteiger partial charge in [0.25, 0.3) is 0 Å². The van der Waals surface area contributed by atoms with Crippen LogP contribution in [0.2, 0.25) is 0 Å². The fourth-order valence-electron chi connectivity index (χ4n) is 3.31. The van der Waals surface area contributed by atoms with E-state index in [1.165, 1.54) is 27.8 Å². The van der Waals surface area contributed by atoms with Crippen LogP contribution in [0.3, 0.4) is 0 Å². The molecule has 1 saturated heterocycles. The van der Waals surface area contributed by atoms with Crippen LogP contribution in [0.5, 0.6) is 5.75 Å². The summed E-state index contributed by atoms with van der Waals surface area (Å²) in [5.74, 6) is -0.266. The number of benzene rings is 2. The lowest BCUT2D eigenvalue weighted by Gasteiger charge is -2.23. The smallest absolute Gasteiger partial charge is 0.244 e. The molecule has 1 N–H and O–H groups in total. The Morgan fingerprint density at radius 1 is 1.28 bits per heavy atom. The van der Waals surface area contributed by atoms with Crippen LogP contribution in [0.4, 0.5) is 9.52 Å². The molecule has 1 aromatic heterocycles. The largest absolute Gasteiger partial charge is 0.497 e. The first-order valence-electron chi connectivity index (χ1n) is 8.91. The van der Waals surface area contributed by atoms with Crippen LogP contribution in [-0.4, -0.2) is 43.3 Å². The first-order valence-corrected chi connectivity index (χ1v) is 11.2. The van der Waals surface area contributed by atoms with Crippen molar-refractivity contribution in [2.24, 2.45) is 0 Å². The molecule has 1 unspecified atom stereocenters. The molecule has 29 heavy (non-hydrogen) atoms. The van der Waals surface area contributed by atoms with Gasteiger partial charge in [-0.15, -0.1) is 0 Å². The molecular weight excluding hydrogens is 417 g/mol. The zero-order chi connectivity index (χ0) is 20.6. The quantitative estimate of drug-likeness (QED) is 0.665. The third-order valence-corrected chi connectivity index (χ3v) is 7.61. The Balaban J connectivity index is 1.55. The molecule has 1 atom stereocenters. The number of rotatable bonds is 5. The van der Waals surface area contributed by atoms with Gasteiger partial charge in [-0.1, -0.05) is 11.3 Å². The highest BCUT2D eigenvalue weighted by molar-refractivity contribution is 7.89. The highest BCUT2D eigenvalue weighted by atomic mass is 32.2. The van der Waals surface area contributed by atoms with Crippen molar-refractivity contribution in [1.82, 2.24) is 9.29 Å². The molecule has 1 fully saturated rings. The molecule has 2 heterocycles. The van der Waals surface area contributed by atoms with Crippen molar-refractivity contribution in [3.8, 4) is 5.75 Å². The zero-order valence-corrected chi connectivity index (χ0v) is 17.1. The number of amides is 1. The Hall–Kier alpha value is -2.56. The predicted octanol–water partition coefficient (Wildman–Crippen LogP) is 3.24. The number of carbonyl (C=O) groups excluding carboxylic acids is 1. The van der Waals surface area contributed by atoms with Gasteiger partial charge in [-0.2, -0.15) is 4.31 Å². The molecule has 4 rings (SSSR count). The van der Waals surface area contributed by atoms with Gasteiger partial charge < -0.3 is 10.1 Å². The van der Waals surface area contributed by atoms with E-state index in [4.69, 9.17) is 4.74 Å². The maximum atomic E-state index is 13.1. The van der Waals surface area contributed by atoms with Gasteiger partial charge in [0.15, 0.2) is 5.13 Å². The summed E-state index contributed by atoms with van der Waals surface area (Å²) in [6.07, 6.45) is 0.973. The molecule has 3 aromatic rings. The summed E-state index contributed by atoms with van der Waals surface area (Å²) in [6.45, 7) is 0.231. The number of fused-ring (bicyclic) bond motifs is 1. The highest BCUT2D eigenvalue weighted by Gasteiger charge is 2.39. The fraction of sp³-hybridized carbons (Fsp3) is 0.263. The van der Waals surface area contributed by atoms with E-state index in [0.717, 1.165) is 16.8 Å². The number of thiazole rings is 1. The minimum atomic E-state index is -3.90. The lowest BCUT2D eigenvalue weighted by atomic mass is 10.2.